The van der Waals surface area contributed by atoms with Gasteiger partial charge in [0, 0.05) is 12.6 Å². The summed E-state index contributed by atoms with van der Waals surface area (Å²) in [6, 6.07) is 10.1. The average molecular weight is 374 g/mol. The zero-order valence-electron chi connectivity index (χ0n) is 12.1. The molecule has 1 saturated heterocycles. The Morgan fingerprint density at radius 2 is 1.96 bits per heavy atom. The molecule has 6 heteroatoms. The van der Waals surface area contributed by atoms with E-state index in [-0.39, 0.29) is 17.8 Å². The summed E-state index contributed by atoms with van der Waals surface area (Å²) in [6.45, 7) is 0. The van der Waals surface area contributed by atoms with Crippen molar-refractivity contribution in [2.24, 2.45) is 0 Å². The molecular formula is C17H13BrFN3O. The van der Waals surface area contributed by atoms with Gasteiger partial charge in [-0.3, -0.25) is 9.20 Å². The predicted molar refractivity (Wildman–Crippen MR) is 88.8 cm³/mol. The molecule has 4 rings (SSSR count). The van der Waals surface area contributed by atoms with E-state index in [9.17, 15) is 9.18 Å². The standard InChI is InChI=1S/C17H13BrFN3O/c18-15-9-20-16-7-5-13(10-21(15)16)22-14(6-8-17(22)23)11-1-3-12(19)4-2-11/h1-5,7,9-10,14H,6,8H2. The highest BCUT2D eigenvalue weighted by Crippen LogP contribution is 2.37. The molecule has 1 aromatic carbocycles. The fourth-order valence-electron chi connectivity index (χ4n) is 3.09. The minimum Gasteiger partial charge on any atom is -0.303 e. The summed E-state index contributed by atoms with van der Waals surface area (Å²) in [5.74, 6) is -0.191. The molecule has 0 spiro atoms. The Hall–Kier alpha value is -2.21. The molecule has 0 saturated carbocycles. The van der Waals surface area contributed by atoms with Gasteiger partial charge in [-0.2, -0.15) is 0 Å². The number of halogens is 2. The predicted octanol–water partition coefficient (Wildman–Crippen LogP) is 4.10. The Balaban J connectivity index is 1.78. The van der Waals surface area contributed by atoms with Gasteiger partial charge in [-0.15, -0.1) is 0 Å². The van der Waals surface area contributed by atoms with Gasteiger partial charge in [0.05, 0.1) is 17.9 Å². The molecule has 0 radical (unpaired) electrons. The lowest BCUT2D eigenvalue weighted by atomic mass is 10.0. The first-order valence-electron chi connectivity index (χ1n) is 7.33. The molecule has 3 aromatic rings. The lowest BCUT2D eigenvalue weighted by Crippen LogP contribution is -2.27. The number of amides is 1. The Kier molecular flexibility index (Phi) is 3.41. The molecular weight excluding hydrogens is 361 g/mol. The number of carbonyl (C=O) groups excluding carboxylic acids is 1. The zero-order chi connectivity index (χ0) is 16.0. The summed E-state index contributed by atoms with van der Waals surface area (Å²) in [4.78, 5) is 18.5. The molecule has 0 bridgehead atoms. The molecule has 1 unspecified atom stereocenters. The van der Waals surface area contributed by atoms with Crippen LogP contribution in [-0.4, -0.2) is 15.3 Å². The zero-order valence-corrected chi connectivity index (χ0v) is 13.7. The summed E-state index contributed by atoms with van der Waals surface area (Å²) < 4.78 is 15.9. The van der Waals surface area contributed by atoms with E-state index in [1.807, 2.05) is 22.7 Å². The number of fused-ring (bicyclic) bond motifs is 1. The van der Waals surface area contributed by atoms with Crippen molar-refractivity contribution >= 4 is 33.2 Å². The lowest BCUT2D eigenvalue weighted by Gasteiger charge is -2.25. The van der Waals surface area contributed by atoms with Gasteiger partial charge < -0.3 is 4.90 Å². The summed E-state index contributed by atoms with van der Waals surface area (Å²) in [6.07, 6.45) is 4.84. The number of hydrogen-bond acceptors (Lipinski definition) is 2. The van der Waals surface area contributed by atoms with Gasteiger partial charge in [-0.25, -0.2) is 9.37 Å². The molecule has 0 aliphatic carbocycles. The Morgan fingerprint density at radius 3 is 2.74 bits per heavy atom. The molecule has 3 heterocycles. The van der Waals surface area contributed by atoms with Crippen LogP contribution in [0.3, 0.4) is 0 Å². The Bertz CT molecular complexity index is 890. The minimum absolute atomic E-state index is 0.0668. The van der Waals surface area contributed by atoms with E-state index in [0.29, 0.717) is 6.42 Å². The molecule has 116 valence electrons. The van der Waals surface area contributed by atoms with Crippen LogP contribution in [0.2, 0.25) is 0 Å². The van der Waals surface area contributed by atoms with E-state index in [0.717, 1.165) is 27.9 Å². The normalized spacial score (nSPS) is 18.1. The first kappa shape index (κ1) is 14.4. The van der Waals surface area contributed by atoms with Crippen LogP contribution in [0.5, 0.6) is 0 Å². The second-order valence-corrected chi connectivity index (χ2v) is 6.38. The van der Waals surface area contributed by atoms with E-state index in [4.69, 9.17) is 0 Å². The fraction of sp³-hybridized carbons (Fsp3) is 0.176. The number of imidazole rings is 1. The van der Waals surface area contributed by atoms with Crippen LogP contribution >= 0.6 is 15.9 Å². The van der Waals surface area contributed by atoms with Crippen molar-refractivity contribution in [3.8, 4) is 0 Å². The Labute approximate surface area is 140 Å². The van der Waals surface area contributed by atoms with Crippen LogP contribution in [0.15, 0.2) is 53.4 Å². The van der Waals surface area contributed by atoms with Crippen molar-refractivity contribution < 1.29 is 9.18 Å². The van der Waals surface area contributed by atoms with Crippen molar-refractivity contribution in [1.29, 1.82) is 0 Å². The van der Waals surface area contributed by atoms with Crippen molar-refractivity contribution in [2.45, 2.75) is 18.9 Å². The van der Waals surface area contributed by atoms with E-state index >= 15 is 0 Å². The summed E-state index contributed by atoms with van der Waals surface area (Å²) >= 11 is 3.45. The minimum atomic E-state index is -0.270. The van der Waals surface area contributed by atoms with Crippen molar-refractivity contribution in [3.63, 3.8) is 0 Å². The van der Waals surface area contributed by atoms with Crippen molar-refractivity contribution in [2.75, 3.05) is 4.90 Å². The first-order valence-corrected chi connectivity index (χ1v) is 8.13. The summed E-state index contributed by atoms with van der Waals surface area (Å²) in [7, 11) is 0. The maximum atomic E-state index is 13.2. The van der Waals surface area contributed by atoms with Crippen LogP contribution in [-0.2, 0) is 4.79 Å². The summed E-state index contributed by atoms with van der Waals surface area (Å²) in [5.41, 5.74) is 2.57. The third-order valence-electron chi connectivity index (χ3n) is 4.19. The number of carbonyl (C=O) groups is 1. The second kappa shape index (κ2) is 5.45. The van der Waals surface area contributed by atoms with E-state index in [1.165, 1.54) is 12.1 Å². The molecule has 1 aliphatic rings. The van der Waals surface area contributed by atoms with Gasteiger partial charge in [0.2, 0.25) is 5.91 Å². The van der Waals surface area contributed by atoms with E-state index in [1.54, 1.807) is 23.2 Å². The number of rotatable bonds is 2. The maximum absolute atomic E-state index is 13.2. The number of aromatic nitrogens is 2. The number of hydrogen-bond donors (Lipinski definition) is 0. The van der Waals surface area contributed by atoms with E-state index < -0.39 is 0 Å². The van der Waals surface area contributed by atoms with Crippen molar-refractivity contribution in [1.82, 2.24) is 9.38 Å². The molecule has 2 aromatic heterocycles. The third kappa shape index (κ3) is 2.43. The molecule has 1 aliphatic heterocycles. The third-order valence-corrected chi connectivity index (χ3v) is 4.78. The van der Waals surface area contributed by atoms with Gasteiger partial charge in [0.15, 0.2) is 0 Å². The van der Waals surface area contributed by atoms with Gasteiger partial charge in [-0.05, 0) is 52.2 Å². The molecule has 0 N–H and O–H groups in total. The molecule has 23 heavy (non-hydrogen) atoms. The van der Waals surface area contributed by atoms with Gasteiger partial charge >= 0.3 is 0 Å². The van der Waals surface area contributed by atoms with Crippen LogP contribution < -0.4 is 4.90 Å². The van der Waals surface area contributed by atoms with Crippen LogP contribution in [0.1, 0.15) is 24.4 Å². The highest BCUT2D eigenvalue weighted by Gasteiger charge is 2.33. The largest absolute Gasteiger partial charge is 0.303 e. The molecule has 4 nitrogen and oxygen atoms in total. The van der Waals surface area contributed by atoms with Gasteiger partial charge in [0.25, 0.3) is 0 Å². The fourth-order valence-corrected chi connectivity index (χ4v) is 3.48. The van der Waals surface area contributed by atoms with Gasteiger partial charge in [-0.1, -0.05) is 12.1 Å². The molecule has 1 atom stereocenters. The number of anilines is 1. The molecule has 1 fully saturated rings. The van der Waals surface area contributed by atoms with Crippen LogP contribution in [0.25, 0.3) is 5.65 Å². The second-order valence-electron chi connectivity index (χ2n) is 5.57. The average Bonchev–Trinajstić information content (AvgIpc) is 3.11. The lowest BCUT2D eigenvalue weighted by molar-refractivity contribution is -0.117. The smallest absolute Gasteiger partial charge is 0.227 e. The summed E-state index contributed by atoms with van der Waals surface area (Å²) in [5, 5.41) is 0. The van der Waals surface area contributed by atoms with Crippen LogP contribution in [0, 0.1) is 5.82 Å². The monoisotopic (exact) mass is 373 g/mol. The van der Waals surface area contributed by atoms with E-state index in [2.05, 4.69) is 20.9 Å². The molecule has 1 amide bonds. The first-order chi connectivity index (χ1) is 11.1. The number of pyridine rings is 1. The van der Waals surface area contributed by atoms with Crippen molar-refractivity contribution in [3.05, 3.63) is 64.8 Å². The van der Waals surface area contributed by atoms with Gasteiger partial charge in [0.1, 0.15) is 16.1 Å². The highest BCUT2D eigenvalue weighted by atomic mass is 79.9. The SMILES string of the molecule is O=C1CCC(c2ccc(F)cc2)N1c1ccc2ncc(Br)n2c1. The maximum Gasteiger partial charge on any atom is 0.227 e. The quantitative estimate of drug-likeness (QED) is 0.677. The number of benzene rings is 1. The van der Waals surface area contributed by atoms with Crippen LogP contribution in [0.4, 0.5) is 10.1 Å². The number of nitrogens with zero attached hydrogens (tertiary/aromatic N) is 3. The highest BCUT2D eigenvalue weighted by molar-refractivity contribution is 9.10. The Morgan fingerprint density at radius 1 is 1.17 bits per heavy atom. The topological polar surface area (TPSA) is 37.6 Å².